The van der Waals surface area contributed by atoms with Gasteiger partial charge < -0.3 is 4.74 Å². The summed E-state index contributed by atoms with van der Waals surface area (Å²) < 4.78 is 5.23. The number of non-ortho nitro benzene ring substituents is 1. The van der Waals surface area contributed by atoms with Crippen molar-refractivity contribution < 1.29 is 14.5 Å². The lowest BCUT2D eigenvalue weighted by atomic mass is 10.1. The summed E-state index contributed by atoms with van der Waals surface area (Å²) in [5.41, 5.74) is 4.78. The zero-order chi connectivity index (χ0) is 18.7. The SMILES string of the molecule is CC(C)=CCCC(C)=CC=NNC(=O)COc1ccc([N+](=O)[O-])cc1. The summed E-state index contributed by atoms with van der Waals surface area (Å²) in [7, 11) is 0. The van der Waals surface area contributed by atoms with Gasteiger partial charge in [-0.25, -0.2) is 5.43 Å². The van der Waals surface area contributed by atoms with Crippen molar-refractivity contribution >= 4 is 17.8 Å². The van der Waals surface area contributed by atoms with Gasteiger partial charge in [-0.05, 0) is 51.8 Å². The maximum atomic E-state index is 11.6. The number of carbonyl (C=O) groups is 1. The third-order valence-corrected chi connectivity index (χ3v) is 3.13. The van der Waals surface area contributed by atoms with Gasteiger partial charge in [-0.2, -0.15) is 5.10 Å². The molecule has 0 aromatic heterocycles. The zero-order valence-corrected chi connectivity index (χ0v) is 14.7. The van der Waals surface area contributed by atoms with Gasteiger partial charge in [0.25, 0.3) is 11.6 Å². The number of nitrogens with one attached hydrogen (secondary N) is 1. The molecule has 25 heavy (non-hydrogen) atoms. The van der Waals surface area contributed by atoms with E-state index < -0.39 is 10.8 Å². The number of hydrogen-bond donors (Lipinski definition) is 1. The number of rotatable bonds is 9. The van der Waals surface area contributed by atoms with Gasteiger partial charge in [0.05, 0.1) is 4.92 Å². The van der Waals surface area contributed by atoms with Crippen LogP contribution in [-0.4, -0.2) is 23.7 Å². The third kappa shape index (κ3) is 9.04. The second-order valence-electron chi connectivity index (χ2n) is 5.69. The van der Waals surface area contributed by atoms with Crippen LogP contribution in [-0.2, 0) is 4.79 Å². The first-order valence-electron chi connectivity index (χ1n) is 7.86. The van der Waals surface area contributed by atoms with Crippen molar-refractivity contribution in [1.29, 1.82) is 0 Å². The molecule has 1 aromatic rings. The first kappa shape index (κ1) is 20.1. The number of allylic oxidation sites excluding steroid dienone is 4. The maximum absolute atomic E-state index is 11.6. The maximum Gasteiger partial charge on any atom is 0.277 e. The minimum atomic E-state index is -0.500. The van der Waals surface area contributed by atoms with E-state index in [-0.39, 0.29) is 12.3 Å². The molecule has 7 heteroatoms. The van der Waals surface area contributed by atoms with Crippen LogP contribution in [0.25, 0.3) is 0 Å². The third-order valence-electron chi connectivity index (χ3n) is 3.13. The molecular weight excluding hydrogens is 322 g/mol. The highest BCUT2D eigenvalue weighted by Crippen LogP contribution is 2.17. The van der Waals surface area contributed by atoms with E-state index in [9.17, 15) is 14.9 Å². The summed E-state index contributed by atoms with van der Waals surface area (Å²) in [4.78, 5) is 21.6. The summed E-state index contributed by atoms with van der Waals surface area (Å²) in [5, 5.41) is 14.4. The first-order valence-corrected chi connectivity index (χ1v) is 7.86. The lowest BCUT2D eigenvalue weighted by Crippen LogP contribution is -2.24. The Morgan fingerprint density at radius 1 is 1.28 bits per heavy atom. The largest absolute Gasteiger partial charge is 0.484 e. The van der Waals surface area contributed by atoms with E-state index >= 15 is 0 Å². The number of nitrogens with zero attached hydrogens (tertiary/aromatic N) is 2. The van der Waals surface area contributed by atoms with Gasteiger partial charge in [0, 0.05) is 18.3 Å². The zero-order valence-electron chi connectivity index (χ0n) is 14.7. The predicted octanol–water partition coefficient (Wildman–Crippen LogP) is 3.77. The van der Waals surface area contributed by atoms with Gasteiger partial charge in [0.1, 0.15) is 5.75 Å². The molecule has 0 aliphatic rings. The van der Waals surface area contributed by atoms with Crippen molar-refractivity contribution in [2.45, 2.75) is 33.6 Å². The van der Waals surface area contributed by atoms with Crippen molar-refractivity contribution in [3.8, 4) is 5.75 Å². The Morgan fingerprint density at radius 2 is 1.96 bits per heavy atom. The second-order valence-corrected chi connectivity index (χ2v) is 5.69. The van der Waals surface area contributed by atoms with Crippen LogP contribution in [0.4, 0.5) is 5.69 Å². The molecule has 1 amide bonds. The Kier molecular flexibility index (Phi) is 8.63. The van der Waals surface area contributed by atoms with Crippen molar-refractivity contribution in [1.82, 2.24) is 5.43 Å². The van der Waals surface area contributed by atoms with E-state index in [0.29, 0.717) is 5.75 Å². The molecule has 0 fully saturated rings. The molecule has 1 N–H and O–H groups in total. The summed E-state index contributed by atoms with van der Waals surface area (Å²) >= 11 is 0. The van der Waals surface area contributed by atoms with E-state index in [2.05, 4.69) is 30.5 Å². The van der Waals surface area contributed by atoms with Crippen LogP contribution in [0.15, 0.2) is 52.7 Å². The number of amides is 1. The minimum absolute atomic E-state index is 0.0341. The molecule has 1 aromatic carbocycles. The van der Waals surface area contributed by atoms with Gasteiger partial charge in [-0.15, -0.1) is 0 Å². The van der Waals surface area contributed by atoms with Gasteiger partial charge in [-0.3, -0.25) is 14.9 Å². The molecule has 0 spiro atoms. The Bertz CT molecular complexity index is 672. The summed E-state index contributed by atoms with van der Waals surface area (Å²) in [5.74, 6) is -0.0371. The fourth-order valence-electron chi connectivity index (χ4n) is 1.79. The lowest BCUT2D eigenvalue weighted by Gasteiger charge is -2.04. The normalized spacial score (nSPS) is 11.2. The number of benzene rings is 1. The molecule has 0 aliphatic heterocycles. The highest BCUT2D eigenvalue weighted by molar-refractivity contribution is 5.79. The topological polar surface area (TPSA) is 93.8 Å². The Morgan fingerprint density at radius 3 is 2.56 bits per heavy atom. The van der Waals surface area contributed by atoms with Crippen LogP contribution in [0, 0.1) is 10.1 Å². The van der Waals surface area contributed by atoms with Gasteiger partial charge in [-0.1, -0.05) is 17.2 Å². The van der Waals surface area contributed by atoms with Crippen LogP contribution >= 0.6 is 0 Å². The monoisotopic (exact) mass is 345 g/mol. The standard InChI is InChI=1S/C18H23N3O4/c1-14(2)5-4-6-15(3)11-12-19-20-18(22)13-25-17-9-7-16(8-10-17)21(23)24/h5,7-12H,4,6,13H2,1-3H3,(H,20,22). The van der Waals surface area contributed by atoms with Crippen molar-refractivity contribution in [3.05, 3.63) is 57.7 Å². The average Bonchev–Trinajstić information content (AvgIpc) is 2.57. The molecule has 0 saturated carbocycles. The Labute approximate surface area is 147 Å². The van der Waals surface area contributed by atoms with Crippen molar-refractivity contribution in [3.63, 3.8) is 0 Å². The number of hydrogen-bond acceptors (Lipinski definition) is 5. The van der Waals surface area contributed by atoms with Crippen LogP contribution in [0.2, 0.25) is 0 Å². The molecule has 0 saturated heterocycles. The summed E-state index contributed by atoms with van der Waals surface area (Å²) in [6.45, 7) is 5.91. The van der Waals surface area contributed by atoms with Crippen molar-refractivity contribution in [2.24, 2.45) is 5.10 Å². The van der Waals surface area contributed by atoms with Crippen LogP contribution in [0.3, 0.4) is 0 Å². The van der Waals surface area contributed by atoms with Gasteiger partial charge in [0.15, 0.2) is 6.61 Å². The molecule has 134 valence electrons. The lowest BCUT2D eigenvalue weighted by molar-refractivity contribution is -0.384. The Hall–Kier alpha value is -2.96. The molecule has 0 unspecified atom stereocenters. The van der Waals surface area contributed by atoms with E-state index in [0.717, 1.165) is 18.4 Å². The molecule has 0 radical (unpaired) electrons. The fraction of sp³-hybridized carbons (Fsp3) is 0.333. The van der Waals surface area contributed by atoms with E-state index in [1.165, 1.54) is 36.1 Å². The first-order chi connectivity index (χ1) is 11.9. The van der Waals surface area contributed by atoms with E-state index in [1.54, 1.807) is 0 Å². The quantitative estimate of drug-likeness (QED) is 0.319. The second kappa shape index (κ2) is 10.7. The average molecular weight is 345 g/mol. The van der Waals surface area contributed by atoms with Gasteiger partial charge in [0.2, 0.25) is 0 Å². The van der Waals surface area contributed by atoms with Crippen LogP contribution in [0.1, 0.15) is 33.6 Å². The van der Waals surface area contributed by atoms with Gasteiger partial charge >= 0.3 is 0 Å². The molecule has 0 bridgehead atoms. The Balaban J connectivity index is 2.32. The summed E-state index contributed by atoms with van der Waals surface area (Å²) in [6.07, 6.45) is 7.46. The number of carbonyl (C=O) groups excluding carboxylic acids is 1. The smallest absolute Gasteiger partial charge is 0.277 e. The molecule has 1 rings (SSSR count). The van der Waals surface area contributed by atoms with E-state index in [4.69, 9.17) is 4.74 Å². The predicted molar refractivity (Wildman–Crippen MR) is 97.6 cm³/mol. The van der Waals surface area contributed by atoms with Crippen LogP contribution in [0.5, 0.6) is 5.75 Å². The number of hydrazone groups is 1. The molecule has 0 heterocycles. The van der Waals surface area contributed by atoms with Crippen LogP contribution < -0.4 is 10.2 Å². The molecule has 0 atom stereocenters. The van der Waals surface area contributed by atoms with Crippen molar-refractivity contribution in [2.75, 3.05) is 6.61 Å². The summed E-state index contributed by atoms with van der Waals surface area (Å²) in [6, 6.07) is 5.50. The minimum Gasteiger partial charge on any atom is -0.484 e. The molecular formula is C18H23N3O4. The highest BCUT2D eigenvalue weighted by atomic mass is 16.6. The number of ether oxygens (including phenoxy) is 1. The fourth-order valence-corrected chi connectivity index (χ4v) is 1.79. The van der Waals surface area contributed by atoms with E-state index in [1.807, 2.05) is 13.0 Å². The number of nitro benzene ring substituents is 1. The number of nitro groups is 1. The highest BCUT2D eigenvalue weighted by Gasteiger charge is 2.05. The molecule has 7 nitrogen and oxygen atoms in total. The molecule has 0 aliphatic carbocycles.